The molecule has 7 heteroatoms. The van der Waals surface area contributed by atoms with E-state index in [1.165, 1.54) is 4.68 Å². The molecule has 0 saturated heterocycles. The Hall–Kier alpha value is -3.06. The predicted molar refractivity (Wildman–Crippen MR) is 95.4 cm³/mol. The molecule has 0 aliphatic carbocycles. The van der Waals surface area contributed by atoms with E-state index in [0.29, 0.717) is 23.6 Å². The van der Waals surface area contributed by atoms with E-state index in [1.807, 2.05) is 36.6 Å². The summed E-state index contributed by atoms with van der Waals surface area (Å²) in [6, 6.07) is 11.0. The maximum Gasteiger partial charge on any atom is 0.267 e. The second kappa shape index (κ2) is 6.45. The Morgan fingerprint density at radius 3 is 2.84 bits per heavy atom. The van der Waals surface area contributed by atoms with Gasteiger partial charge in [0.2, 0.25) is 0 Å². The van der Waals surface area contributed by atoms with Crippen LogP contribution < -0.4 is 5.56 Å². The highest BCUT2D eigenvalue weighted by molar-refractivity contribution is 7.13. The Balaban J connectivity index is 1.86. The SMILES string of the molecule is Cc1cc(-c2cc(=O)n(Cc3cccnc3)nc2-c2cccs2)on1. The molecule has 4 aromatic rings. The molecule has 124 valence electrons. The van der Waals surface area contributed by atoms with Gasteiger partial charge < -0.3 is 4.52 Å². The average Bonchev–Trinajstić information content (AvgIpc) is 3.29. The minimum Gasteiger partial charge on any atom is -0.356 e. The Bertz CT molecular complexity index is 1050. The number of pyridine rings is 1. The van der Waals surface area contributed by atoms with E-state index in [4.69, 9.17) is 4.52 Å². The molecular formula is C18H14N4O2S. The third kappa shape index (κ3) is 3.14. The lowest BCUT2D eigenvalue weighted by Gasteiger charge is -2.09. The lowest BCUT2D eigenvalue weighted by Crippen LogP contribution is -2.23. The van der Waals surface area contributed by atoms with Crippen molar-refractivity contribution in [1.82, 2.24) is 19.9 Å². The first-order chi connectivity index (χ1) is 12.2. The van der Waals surface area contributed by atoms with Crippen molar-refractivity contribution in [3.8, 4) is 21.9 Å². The molecule has 4 aromatic heterocycles. The molecule has 0 radical (unpaired) electrons. The van der Waals surface area contributed by atoms with Gasteiger partial charge in [-0.1, -0.05) is 17.3 Å². The van der Waals surface area contributed by atoms with E-state index in [9.17, 15) is 4.79 Å². The van der Waals surface area contributed by atoms with Crippen molar-refractivity contribution >= 4 is 11.3 Å². The van der Waals surface area contributed by atoms with Crippen molar-refractivity contribution in [1.29, 1.82) is 0 Å². The average molecular weight is 350 g/mol. The van der Waals surface area contributed by atoms with Crippen molar-refractivity contribution in [2.24, 2.45) is 0 Å². The smallest absolute Gasteiger partial charge is 0.267 e. The number of thiophene rings is 1. The largest absolute Gasteiger partial charge is 0.356 e. The minimum atomic E-state index is -0.201. The summed E-state index contributed by atoms with van der Waals surface area (Å²) in [7, 11) is 0. The van der Waals surface area contributed by atoms with Crippen LogP contribution in [0.25, 0.3) is 21.9 Å². The molecule has 0 bridgehead atoms. The van der Waals surface area contributed by atoms with Crippen LogP contribution in [0.1, 0.15) is 11.3 Å². The maximum absolute atomic E-state index is 12.6. The second-order valence-corrected chi connectivity index (χ2v) is 6.52. The van der Waals surface area contributed by atoms with E-state index >= 15 is 0 Å². The highest BCUT2D eigenvalue weighted by Crippen LogP contribution is 2.32. The molecule has 0 aromatic carbocycles. The summed E-state index contributed by atoms with van der Waals surface area (Å²) in [5.41, 5.74) is 2.82. The molecule has 0 spiro atoms. The van der Waals surface area contributed by atoms with E-state index in [1.54, 1.807) is 35.9 Å². The lowest BCUT2D eigenvalue weighted by atomic mass is 10.1. The molecule has 0 amide bonds. The molecular weight excluding hydrogens is 336 g/mol. The van der Waals surface area contributed by atoms with E-state index in [2.05, 4.69) is 15.2 Å². The first-order valence-electron chi connectivity index (χ1n) is 7.69. The molecule has 6 nitrogen and oxygen atoms in total. The Morgan fingerprint density at radius 2 is 2.16 bits per heavy atom. The van der Waals surface area contributed by atoms with Gasteiger partial charge in [-0.25, -0.2) is 4.68 Å². The zero-order valence-electron chi connectivity index (χ0n) is 13.4. The first kappa shape index (κ1) is 15.5. The van der Waals surface area contributed by atoms with Crippen molar-refractivity contribution in [3.63, 3.8) is 0 Å². The Morgan fingerprint density at radius 1 is 1.24 bits per heavy atom. The maximum atomic E-state index is 12.6. The zero-order valence-corrected chi connectivity index (χ0v) is 14.2. The van der Waals surface area contributed by atoms with Gasteiger partial charge in [0.1, 0.15) is 5.69 Å². The van der Waals surface area contributed by atoms with Gasteiger partial charge in [0.25, 0.3) is 5.56 Å². The Labute approximate surface area is 147 Å². The van der Waals surface area contributed by atoms with Crippen LogP contribution in [-0.4, -0.2) is 19.9 Å². The predicted octanol–water partition coefficient (Wildman–Crippen LogP) is 3.38. The first-order valence-corrected chi connectivity index (χ1v) is 8.57. The van der Waals surface area contributed by atoms with Gasteiger partial charge >= 0.3 is 0 Å². The van der Waals surface area contributed by atoms with E-state index in [-0.39, 0.29) is 5.56 Å². The fourth-order valence-electron chi connectivity index (χ4n) is 2.54. The Kier molecular flexibility index (Phi) is 3.99. The third-order valence-electron chi connectivity index (χ3n) is 3.70. The van der Waals surface area contributed by atoms with Gasteiger partial charge in [0.15, 0.2) is 5.76 Å². The monoisotopic (exact) mass is 350 g/mol. The topological polar surface area (TPSA) is 73.8 Å². The van der Waals surface area contributed by atoms with Crippen LogP contribution in [0.3, 0.4) is 0 Å². The summed E-state index contributed by atoms with van der Waals surface area (Å²) in [6.45, 7) is 2.20. The second-order valence-electron chi connectivity index (χ2n) is 5.57. The summed E-state index contributed by atoms with van der Waals surface area (Å²) in [4.78, 5) is 17.6. The molecule has 0 unspecified atom stereocenters. The third-order valence-corrected chi connectivity index (χ3v) is 4.58. The van der Waals surface area contributed by atoms with Crippen molar-refractivity contribution in [2.75, 3.05) is 0 Å². The molecule has 0 fully saturated rings. The minimum absolute atomic E-state index is 0.201. The number of rotatable bonds is 4. The van der Waals surface area contributed by atoms with Crippen LogP contribution in [0.5, 0.6) is 0 Å². The highest BCUT2D eigenvalue weighted by atomic mass is 32.1. The molecule has 4 heterocycles. The molecule has 0 aliphatic heterocycles. The van der Waals surface area contributed by atoms with Gasteiger partial charge in [-0.05, 0) is 30.0 Å². The van der Waals surface area contributed by atoms with Crippen LogP contribution in [0, 0.1) is 6.92 Å². The van der Waals surface area contributed by atoms with Gasteiger partial charge in [-0.2, -0.15) is 5.10 Å². The van der Waals surface area contributed by atoms with Crippen LogP contribution in [0.4, 0.5) is 0 Å². The van der Waals surface area contributed by atoms with Gasteiger partial charge in [0, 0.05) is 24.5 Å². The standard InChI is InChI=1S/C18H14N4O2S/c1-12-8-15(24-21-12)14-9-17(23)22(11-13-4-2-6-19-10-13)20-18(14)16-5-3-7-25-16/h2-10H,11H2,1H3. The van der Waals surface area contributed by atoms with Gasteiger partial charge in [-0.15, -0.1) is 11.3 Å². The molecule has 0 atom stereocenters. The van der Waals surface area contributed by atoms with Crippen molar-refractivity contribution in [3.05, 3.63) is 75.8 Å². The van der Waals surface area contributed by atoms with E-state index in [0.717, 1.165) is 16.1 Å². The van der Waals surface area contributed by atoms with Crippen LogP contribution in [0.2, 0.25) is 0 Å². The number of hydrogen-bond acceptors (Lipinski definition) is 6. The zero-order chi connectivity index (χ0) is 17.2. The molecule has 25 heavy (non-hydrogen) atoms. The fourth-order valence-corrected chi connectivity index (χ4v) is 3.27. The number of aromatic nitrogens is 4. The quantitative estimate of drug-likeness (QED) is 0.564. The summed E-state index contributed by atoms with van der Waals surface area (Å²) in [5, 5.41) is 10.5. The highest BCUT2D eigenvalue weighted by Gasteiger charge is 2.17. The fraction of sp³-hybridized carbons (Fsp3) is 0.111. The van der Waals surface area contributed by atoms with Crippen LogP contribution >= 0.6 is 11.3 Å². The molecule has 0 saturated carbocycles. The van der Waals surface area contributed by atoms with Crippen LogP contribution in [-0.2, 0) is 6.54 Å². The van der Waals surface area contributed by atoms with Crippen molar-refractivity contribution in [2.45, 2.75) is 13.5 Å². The lowest BCUT2D eigenvalue weighted by molar-refractivity contribution is 0.426. The number of hydrogen-bond donors (Lipinski definition) is 0. The summed E-state index contributed by atoms with van der Waals surface area (Å²) < 4.78 is 6.80. The molecule has 0 aliphatic rings. The molecule has 4 rings (SSSR count). The summed E-state index contributed by atoms with van der Waals surface area (Å²) in [5.74, 6) is 0.541. The van der Waals surface area contributed by atoms with Gasteiger partial charge in [0.05, 0.1) is 22.7 Å². The van der Waals surface area contributed by atoms with Crippen molar-refractivity contribution < 1.29 is 4.52 Å². The normalized spacial score (nSPS) is 10.9. The summed E-state index contributed by atoms with van der Waals surface area (Å²) >= 11 is 1.56. The summed E-state index contributed by atoms with van der Waals surface area (Å²) in [6.07, 6.45) is 3.43. The van der Waals surface area contributed by atoms with Crippen LogP contribution in [0.15, 0.2) is 63.5 Å². The number of aryl methyl sites for hydroxylation is 1. The van der Waals surface area contributed by atoms with E-state index < -0.39 is 0 Å². The molecule has 0 N–H and O–H groups in total. The van der Waals surface area contributed by atoms with Gasteiger partial charge in [-0.3, -0.25) is 9.78 Å². The number of nitrogens with zero attached hydrogens (tertiary/aromatic N) is 4.